The van der Waals surface area contributed by atoms with E-state index in [-0.39, 0.29) is 4.75 Å². The Balaban J connectivity index is 2.13. The maximum atomic E-state index is 4.92. The van der Waals surface area contributed by atoms with E-state index in [0.717, 1.165) is 6.42 Å². The van der Waals surface area contributed by atoms with Gasteiger partial charge in [0.1, 0.15) is 0 Å². The second-order valence-corrected chi connectivity index (χ2v) is 5.63. The molecule has 1 unspecified atom stereocenters. The van der Waals surface area contributed by atoms with Crippen molar-refractivity contribution < 1.29 is 0 Å². The molecule has 0 saturated heterocycles. The Hall–Kier alpha value is -1.73. The van der Waals surface area contributed by atoms with Crippen molar-refractivity contribution in [1.82, 2.24) is 0 Å². The molecule has 1 aliphatic rings. The lowest BCUT2D eigenvalue weighted by atomic mass is 9.86. The van der Waals surface area contributed by atoms with E-state index in [2.05, 4.69) is 72.8 Å². The topological polar surface area (TPSA) is 0 Å². The van der Waals surface area contributed by atoms with Gasteiger partial charge in [-0.05, 0) is 23.1 Å². The Labute approximate surface area is 119 Å². The van der Waals surface area contributed by atoms with E-state index in [1.54, 1.807) is 0 Å². The zero-order valence-corrected chi connectivity index (χ0v) is 11.6. The molecule has 0 nitrogen and oxygen atoms in total. The summed E-state index contributed by atoms with van der Waals surface area (Å²) < 4.78 is -0.207. The van der Waals surface area contributed by atoms with Gasteiger partial charge in [0, 0.05) is 0 Å². The van der Waals surface area contributed by atoms with E-state index in [1.165, 1.54) is 16.7 Å². The van der Waals surface area contributed by atoms with Gasteiger partial charge in [-0.3, -0.25) is 0 Å². The minimum Gasteiger partial charge on any atom is -0.163 e. The average Bonchev–Trinajstić information content (AvgIpc) is 2.49. The van der Waals surface area contributed by atoms with Crippen molar-refractivity contribution in [2.24, 2.45) is 0 Å². The number of hydrogen-bond donors (Lipinski definition) is 1. The van der Waals surface area contributed by atoms with Gasteiger partial charge >= 0.3 is 0 Å². The zero-order valence-electron chi connectivity index (χ0n) is 10.7. The summed E-state index contributed by atoms with van der Waals surface area (Å²) in [4.78, 5) is 0. The fourth-order valence-electron chi connectivity index (χ4n) is 2.54. The van der Waals surface area contributed by atoms with Crippen LogP contribution in [0.4, 0.5) is 0 Å². The molecule has 19 heavy (non-hydrogen) atoms. The predicted octanol–water partition coefficient (Wildman–Crippen LogP) is 4.99. The van der Waals surface area contributed by atoms with E-state index < -0.39 is 0 Å². The highest BCUT2D eigenvalue weighted by atomic mass is 32.1. The van der Waals surface area contributed by atoms with E-state index in [0.29, 0.717) is 0 Å². The molecule has 0 radical (unpaired) electrons. The van der Waals surface area contributed by atoms with Crippen molar-refractivity contribution in [1.29, 1.82) is 0 Å². The van der Waals surface area contributed by atoms with Crippen LogP contribution in [-0.4, -0.2) is 0 Å². The summed E-state index contributed by atoms with van der Waals surface area (Å²) >= 11 is 4.92. The third kappa shape index (κ3) is 2.39. The highest BCUT2D eigenvalue weighted by Gasteiger charge is 2.27. The number of rotatable bonds is 2. The minimum atomic E-state index is -0.207. The molecule has 1 aliphatic carbocycles. The maximum Gasteiger partial charge on any atom is 0.0601 e. The number of allylic oxidation sites excluding steroid dienone is 3. The third-order valence-electron chi connectivity index (χ3n) is 3.53. The van der Waals surface area contributed by atoms with Gasteiger partial charge in [-0.15, -0.1) is 0 Å². The number of benzene rings is 2. The van der Waals surface area contributed by atoms with Crippen molar-refractivity contribution in [3.63, 3.8) is 0 Å². The van der Waals surface area contributed by atoms with Crippen molar-refractivity contribution in [2.45, 2.75) is 11.2 Å². The predicted molar refractivity (Wildman–Crippen MR) is 85.4 cm³/mol. The third-order valence-corrected chi connectivity index (χ3v) is 4.10. The zero-order chi connectivity index (χ0) is 13.1. The first-order valence-electron chi connectivity index (χ1n) is 6.51. The van der Waals surface area contributed by atoms with E-state index in [4.69, 9.17) is 12.6 Å². The van der Waals surface area contributed by atoms with Crippen molar-refractivity contribution >= 4 is 12.6 Å². The van der Waals surface area contributed by atoms with Gasteiger partial charge in [0.2, 0.25) is 0 Å². The van der Waals surface area contributed by atoms with Crippen LogP contribution in [0.25, 0.3) is 11.1 Å². The van der Waals surface area contributed by atoms with Gasteiger partial charge in [0.05, 0.1) is 4.75 Å². The summed E-state index contributed by atoms with van der Waals surface area (Å²) in [7, 11) is 0. The average molecular weight is 264 g/mol. The van der Waals surface area contributed by atoms with Crippen LogP contribution in [0.2, 0.25) is 0 Å². The first-order chi connectivity index (χ1) is 9.30. The van der Waals surface area contributed by atoms with Gasteiger partial charge in [0.15, 0.2) is 0 Å². The SMILES string of the molecule is SC1(c2ccccc2-c2ccccc2)C=CC=CC1. The van der Waals surface area contributed by atoms with Crippen LogP contribution >= 0.6 is 12.6 Å². The maximum absolute atomic E-state index is 4.92. The molecular weight excluding hydrogens is 248 g/mol. The molecule has 3 rings (SSSR count). The minimum absolute atomic E-state index is 0.207. The molecule has 0 aliphatic heterocycles. The molecule has 0 heterocycles. The second-order valence-electron chi connectivity index (χ2n) is 4.83. The summed E-state index contributed by atoms with van der Waals surface area (Å²) in [6, 6.07) is 19.0. The Bertz CT molecular complexity index is 625. The molecule has 0 N–H and O–H groups in total. The Morgan fingerprint density at radius 1 is 0.842 bits per heavy atom. The summed E-state index contributed by atoms with van der Waals surface area (Å²) in [5.41, 5.74) is 3.78. The van der Waals surface area contributed by atoms with Crippen LogP contribution in [-0.2, 0) is 4.75 Å². The molecule has 0 saturated carbocycles. The van der Waals surface area contributed by atoms with Gasteiger partial charge < -0.3 is 0 Å². The van der Waals surface area contributed by atoms with Gasteiger partial charge in [0.25, 0.3) is 0 Å². The lowest BCUT2D eigenvalue weighted by Crippen LogP contribution is -2.17. The smallest absolute Gasteiger partial charge is 0.0601 e. The van der Waals surface area contributed by atoms with Crippen LogP contribution in [0.1, 0.15) is 12.0 Å². The van der Waals surface area contributed by atoms with Gasteiger partial charge in [-0.25, -0.2) is 0 Å². The fourth-order valence-corrected chi connectivity index (χ4v) is 2.93. The van der Waals surface area contributed by atoms with E-state index >= 15 is 0 Å². The first kappa shape index (κ1) is 12.3. The van der Waals surface area contributed by atoms with E-state index in [9.17, 15) is 0 Å². The van der Waals surface area contributed by atoms with Gasteiger partial charge in [-0.2, -0.15) is 12.6 Å². The molecule has 0 fully saturated rings. The van der Waals surface area contributed by atoms with E-state index in [1.807, 2.05) is 6.07 Å². The Morgan fingerprint density at radius 3 is 2.32 bits per heavy atom. The molecular formula is C18H16S. The van der Waals surface area contributed by atoms with Crippen LogP contribution < -0.4 is 0 Å². The molecule has 2 aromatic carbocycles. The molecule has 94 valence electrons. The Morgan fingerprint density at radius 2 is 1.58 bits per heavy atom. The summed E-state index contributed by atoms with van der Waals surface area (Å²) in [6.45, 7) is 0. The van der Waals surface area contributed by atoms with Crippen LogP contribution in [0.3, 0.4) is 0 Å². The standard InChI is InChI=1S/C18H16S/c19-18(13-7-2-8-14-18)17-12-6-5-11-16(17)15-9-3-1-4-10-15/h1-13,19H,14H2. The number of thiol groups is 1. The number of hydrogen-bond acceptors (Lipinski definition) is 1. The summed E-state index contributed by atoms with van der Waals surface area (Å²) in [6.07, 6.45) is 9.45. The molecule has 2 aromatic rings. The lowest BCUT2D eigenvalue weighted by Gasteiger charge is -2.28. The lowest BCUT2D eigenvalue weighted by molar-refractivity contribution is 0.788. The summed E-state index contributed by atoms with van der Waals surface area (Å²) in [5, 5.41) is 0. The molecule has 1 heteroatoms. The molecule has 0 amide bonds. The highest BCUT2D eigenvalue weighted by molar-refractivity contribution is 7.81. The molecule has 1 atom stereocenters. The molecule has 0 bridgehead atoms. The van der Waals surface area contributed by atoms with Crippen LogP contribution in [0.5, 0.6) is 0 Å². The van der Waals surface area contributed by atoms with Crippen molar-refractivity contribution in [3.8, 4) is 11.1 Å². The van der Waals surface area contributed by atoms with Crippen molar-refractivity contribution in [3.05, 3.63) is 84.5 Å². The fraction of sp³-hybridized carbons (Fsp3) is 0.111. The van der Waals surface area contributed by atoms with Crippen LogP contribution in [0, 0.1) is 0 Å². The monoisotopic (exact) mass is 264 g/mol. The highest BCUT2D eigenvalue weighted by Crippen LogP contribution is 2.41. The normalized spacial score (nSPS) is 21.5. The van der Waals surface area contributed by atoms with Gasteiger partial charge in [-0.1, -0.05) is 78.9 Å². The second kappa shape index (κ2) is 5.10. The molecule has 0 spiro atoms. The van der Waals surface area contributed by atoms with Crippen LogP contribution in [0.15, 0.2) is 78.9 Å². The largest absolute Gasteiger partial charge is 0.163 e. The molecule has 0 aromatic heterocycles. The van der Waals surface area contributed by atoms with Crippen molar-refractivity contribution in [2.75, 3.05) is 0 Å². The first-order valence-corrected chi connectivity index (χ1v) is 6.96. The Kier molecular flexibility index (Phi) is 3.31. The summed E-state index contributed by atoms with van der Waals surface area (Å²) in [5.74, 6) is 0. The quantitative estimate of drug-likeness (QED) is 0.725.